The number of aromatic nitrogens is 3. The van der Waals surface area contributed by atoms with Crippen molar-refractivity contribution >= 4 is 17.3 Å². The second-order valence-corrected chi connectivity index (χ2v) is 5.79. The monoisotopic (exact) mass is 292 g/mol. The van der Waals surface area contributed by atoms with E-state index in [4.69, 9.17) is 0 Å². The van der Waals surface area contributed by atoms with Crippen molar-refractivity contribution in [3.63, 3.8) is 0 Å². The van der Waals surface area contributed by atoms with Gasteiger partial charge in [-0.1, -0.05) is 19.9 Å². The van der Waals surface area contributed by atoms with Crippen molar-refractivity contribution < 1.29 is 5.11 Å². The van der Waals surface area contributed by atoms with Crippen LogP contribution in [0.25, 0.3) is 0 Å². The number of aliphatic hydroxyl groups is 1. The van der Waals surface area contributed by atoms with Gasteiger partial charge >= 0.3 is 0 Å². The van der Waals surface area contributed by atoms with Gasteiger partial charge in [0.1, 0.15) is 5.60 Å². The number of hydrogen-bond donors (Lipinski definition) is 2. The summed E-state index contributed by atoms with van der Waals surface area (Å²) < 4.78 is 0. The fourth-order valence-electron chi connectivity index (χ4n) is 1.94. The molecule has 5 nitrogen and oxygen atoms in total. The van der Waals surface area contributed by atoms with Crippen LogP contribution in [-0.4, -0.2) is 26.8 Å². The SMILES string of the molecule is CCc1nnc(NCC(C)(O)c2cccs2)nc1CC. The molecular formula is C14H20N4OS. The van der Waals surface area contributed by atoms with Gasteiger partial charge in [-0.15, -0.1) is 16.4 Å². The molecule has 0 amide bonds. The third-order valence-corrected chi connectivity index (χ3v) is 4.27. The zero-order valence-corrected chi connectivity index (χ0v) is 12.9. The average Bonchev–Trinajstić information content (AvgIpc) is 3.00. The molecule has 6 heteroatoms. The Kier molecular flexibility index (Phi) is 4.67. The minimum Gasteiger partial charge on any atom is -0.383 e. The van der Waals surface area contributed by atoms with Gasteiger partial charge in [-0.25, -0.2) is 4.98 Å². The second-order valence-electron chi connectivity index (χ2n) is 4.84. The van der Waals surface area contributed by atoms with Crippen LogP contribution in [0.15, 0.2) is 17.5 Å². The van der Waals surface area contributed by atoms with E-state index in [2.05, 4.69) is 27.4 Å². The molecule has 20 heavy (non-hydrogen) atoms. The van der Waals surface area contributed by atoms with Crippen molar-refractivity contribution in [2.45, 2.75) is 39.2 Å². The number of rotatable bonds is 6. The summed E-state index contributed by atoms with van der Waals surface area (Å²) in [5.74, 6) is 0.468. The molecule has 2 rings (SSSR count). The zero-order chi connectivity index (χ0) is 14.6. The van der Waals surface area contributed by atoms with E-state index in [1.165, 1.54) is 11.3 Å². The van der Waals surface area contributed by atoms with Crippen LogP contribution in [0, 0.1) is 0 Å². The highest BCUT2D eigenvalue weighted by molar-refractivity contribution is 7.10. The van der Waals surface area contributed by atoms with Crippen LogP contribution in [0.1, 0.15) is 37.0 Å². The molecule has 0 bridgehead atoms. The summed E-state index contributed by atoms with van der Waals surface area (Å²) in [5, 5.41) is 23.7. The Labute approximate surface area is 123 Å². The smallest absolute Gasteiger partial charge is 0.243 e. The first-order valence-corrected chi connectivity index (χ1v) is 7.67. The van der Waals surface area contributed by atoms with Gasteiger partial charge in [0.05, 0.1) is 17.9 Å². The Morgan fingerprint density at radius 3 is 2.60 bits per heavy atom. The summed E-state index contributed by atoms with van der Waals surface area (Å²) in [6.45, 7) is 6.22. The number of anilines is 1. The molecule has 0 fully saturated rings. The third-order valence-electron chi connectivity index (χ3n) is 3.15. The van der Waals surface area contributed by atoms with Crippen LogP contribution in [0.3, 0.4) is 0 Å². The highest BCUT2D eigenvalue weighted by Gasteiger charge is 2.24. The van der Waals surface area contributed by atoms with Gasteiger partial charge in [0, 0.05) is 4.88 Å². The fourth-order valence-corrected chi connectivity index (χ4v) is 2.72. The van der Waals surface area contributed by atoms with Crippen molar-refractivity contribution in [3.05, 3.63) is 33.8 Å². The van der Waals surface area contributed by atoms with Crippen molar-refractivity contribution in [2.75, 3.05) is 11.9 Å². The first kappa shape index (κ1) is 14.9. The van der Waals surface area contributed by atoms with Crippen molar-refractivity contribution in [2.24, 2.45) is 0 Å². The maximum Gasteiger partial charge on any atom is 0.243 e. The lowest BCUT2D eigenvalue weighted by Gasteiger charge is -2.22. The molecule has 1 unspecified atom stereocenters. The summed E-state index contributed by atoms with van der Waals surface area (Å²) in [6.07, 6.45) is 1.66. The molecule has 0 spiro atoms. The van der Waals surface area contributed by atoms with E-state index in [9.17, 15) is 5.11 Å². The third kappa shape index (κ3) is 3.32. The van der Waals surface area contributed by atoms with E-state index in [-0.39, 0.29) is 0 Å². The Balaban J connectivity index is 2.07. The molecule has 0 saturated carbocycles. The van der Waals surface area contributed by atoms with Gasteiger partial charge in [0.15, 0.2) is 0 Å². The molecule has 1 atom stereocenters. The molecule has 0 aromatic carbocycles. The predicted molar refractivity (Wildman–Crippen MR) is 81.0 cm³/mol. The maximum atomic E-state index is 10.4. The van der Waals surface area contributed by atoms with E-state index in [0.717, 1.165) is 29.1 Å². The number of nitrogens with one attached hydrogen (secondary N) is 1. The summed E-state index contributed by atoms with van der Waals surface area (Å²) in [6, 6.07) is 3.85. The topological polar surface area (TPSA) is 70.9 Å². The summed E-state index contributed by atoms with van der Waals surface area (Å²) in [5.41, 5.74) is 0.955. The van der Waals surface area contributed by atoms with Crippen molar-refractivity contribution in [1.29, 1.82) is 0 Å². The lowest BCUT2D eigenvalue weighted by atomic mass is 10.1. The second kappa shape index (κ2) is 6.28. The molecule has 0 saturated heterocycles. The highest BCUT2D eigenvalue weighted by atomic mass is 32.1. The first-order chi connectivity index (χ1) is 9.56. The molecule has 2 N–H and O–H groups in total. The fraction of sp³-hybridized carbons (Fsp3) is 0.500. The molecular weight excluding hydrogens is 272 g/mol. The van der Waals surface area contributed by atoms with Crippen LogP contribution < -0.4 is 5.32 Å². The molecule has 0 aliphatic carbocycles. The van der Waals surface area contributed by atoms with E-state index in [1.807, 2.05) is 24.4 Å². The summed E-state index contributed by atoms with van der Waals surface area (Å²) >= 11 is 1.53. The minimum absolute atomic E-state index is 0.351. The maximum absolute atomic E-state index is 10.4. The van der Waals surface area contributed by atoms with Gasteiger partial charge in [-0.05, 0) is 31.2 Å². The van der Waals surface area contributed by atoms with Crippen LogP contribution in [0.5, 0.6) is 0 Å². The lowest BCUT2D eigenvalue weighted by molar-refractivity contribution is 0.0752. The zero-order valence-electron chi connectivity index (χ0n) is 12.1. The number of nitrogens with zero attached hydrogens (tertiary/aromatic N) is 3. The van der Waals surface area contributed by atoms with Crippen LogP contribution in [0.2, 0.25) is 0 Å². The number of thiophene rings is 1. The summed E-state index contributed by atoms with van der Waals surface area (Å²) in [7, 11) is 0. The normalized spacial score (nSPS) is 14.0. The Bertz CT molecular complexity index is 554. The Morgan fingerprint density at radius 1 is 1.25 bits per heavy atom. The molecule has 2 aromatic heterocycles. The van der Waals surface area contributed by atoms with E-state index in [0.29, 0.717) is 12.5 Å². The molecule has 108 valence electrons. The first-order valence-electron chi connectivity index (χ1n) is 6.79. The predicted octanol–water partition coefficient (Wildman–Crippen LogP) is 2.38. The average molecular weight is 292 g/mol. The van der Waals surface area contributed by atoms with E-state index >= 15 is 0 Å². The summed E-state index contributed by atoms with van der Waals surface area (Å²) in [4.78, 5) is 5.37. The Morgan fingerprint density at radius 2 is 2.00 bits per heavy atom. The highest BCUT2D eigenvalue weighted by Crippen LogP contribution is 2.25. The van der Waals surface area contributed by atoms with Crippen LogP contribution >= 0.6 is 11.3 Å². The van der Waals surface area contributed by atoms with Crippen molar-refractivity contribution in [1.82, 2.24) is 15.2 Å². The molecule has 2 aromatic rings. The van der Waals surface area contributed by atoms with Crippen molar-refractivity contribution in [3.8, 4) is 0 Å². The molecule has 2 heterocycles. The van der Waals surface area contributed by atoms with Gasteiger partial charge < -0.3 is 10.4 Å². The van der Waals surface area contributed by atoms with Gasteiger partial charge in [0.25, 0.3) is 0 Å². The molecule has 0 aliphatic heterocycles. The standard InChI is InChI=1S/C14H20N4OS/c1-4-10-11(5-2)17-18-13(16-10)15-9-14(3,19)12-7-6-8-20-12/h6-8,19H,4-5,9H2,1-3H3,(H,15,16,18). The number of hydrogen-bond acceptors (Lipinski definition) is 6. The molecule has 0 radical (unpaired) electrons. The quantitative estimate of drug-likeness (QED) is 0.855. The van der Waals surface area contributed by atoms with E-state index < -0.39 is 5.60 Å². The van der Waals surface area contributed by atoms with Gasteiger partial charge in [-0.2, -0.15) is 5.10 Å². The lowest BCUT2D eigenvalue weighted by Crippen LogP contribution is -2.30. The van der Waals surface area contributed by atoms with Crippen LogP contribution in [-0.2, 0) is 18.4 Å². The molecule has 0 aliphatic rings. The minimum atomic E-state index is -0.937. The van der Waals surface area contributed by atoms with Gasteiger partial charge in [-0.3, -0.25) is 0 Å². The number of aryl methyl sites for hydroxylation is 2. The van der Waals surface area contributed by atoms with Crippen LogP contribution in [0.4, 0.5) is 5.95 Å². The van der Waals surface area contributed by atoms with Gasteiger partial charge in [0.2, 0.25) is 5.95 Å². The Hall–Kier alpha value is -1.53. The largest absolute Gasteiger partial charge is 0.383 e. The van der Waals surface area contributed by atoms with E-state index in [1.54, 1.807) is 6.92 Å².